The number of hydrogen-bond donors (Lipinski definition) is 1. The molecule has 2 saturated heterocycles. The summed E-state index contributed by atoms with van der Waals surface area (Å²) < 4.78 is 14.3. The van der Waals surface area contributed by atoms with Gasteiger partial charge in [0.2, 0.25) is 5.91 Å². The number of likely N-dealkylation sites (tertiary alicyclic amines) is 1. The molecule has 160 valence electrons. The molecule has 0 aliphatic carbocycles. The van der Waals surface area contributed by atoms with E-state index < -0.39 is 0 Å². The summed E-state index contributed by atoms with van der Waals surface area (Å²) in [5, 5.41) is 5.07. The van der Waals surface area contributed by atoms with Crippen LogP contribution in [0.1, 0.15) is 40.9 Å². The second kappa shape index (κ2) is 9.16. The number of hydrogen-bond acceptors (Lipinski definition) is 4. The van der Waals surface area contributed by atoms with Gasteiger partial charge in [0.05, 0.1) is 16.5 Å². The van der Waals surface area contributed by atoms with Gasteiger partial charge in [-0.3, -0.25) is 9.59 Å². The first-order valence-corrected chi connectivity index (χ1v) is 11.5. The molecule has 1 aromatic heterocycles. The van der Waals surface area contributed by atoms with Crippen molar-refractivity contribution in [2.45, 2.75) is 38.6 Å². The average Bonchev–Trinajstić information content (AvgIpc) is 3.30. The van der Waals surface area contributed by atoms with Crippen LogP contribution in [-0.4, -0.2) is 48.9 Å². The minimum Gasteiger partial charge on any atom is -0.367 e. The van der Waals surface area contributed by atoms with E-state index in [1.165, 1.54) is 17.4 Å². The number of piperidine rings is 2. The molecule has 0 radical (unpaired) electrons. The maximum Gasteiger partial charge on any atom is 0.263 e. The minimum absolute atomic E-state index is 0.00506. The van der Waals surface area contributed by atoms with Gasteiger partial charge in [0.1, 0.15) is 5.82 Å². The largest absolute Gasteiger partial charge is 0.367 e. The van der Waals surface area contributed by atoms with Crippen LogP contribution in [0.5, 0.6) is 0 Å². The molecule has 2 fully saturated rings. The Labute approximate surface area is 180 Å². The van der Waals surface area contributed by atoms with Gasteiger partial charge in [-0.2, -0.15) is 0 Å². The molecule has 30 heavy (non-hydrogen) atoms. The fraction of sp³-hybridized carbons (Fsp3) is 0.478. The monoisotopic (exact) mass is 429 g/mol. The van der Waals surface area contributed by atoms with E-state index in [4.69, 9.17) is 0 Å². The van der Waals surface area contributed by atoms with Crippen LogP contribution in [0.15, 0.2) is 35.7 Å². The molecule has 5 nitrogen and oxygen atoms in total. The molecule has 0 spiro atoms. The molecule has 1 aromatic carbocycles. The predicted octanol–water partition coefficient (Wildman–Crippen LogP) is 3.83. The molecular weight excluding hydrogens is 401 g/mol. The Bertz CT molecular complexity index is 902. The van der Waals surface area contributed by atoms with E-state index in [1.54, 1.807) is 11.0 Å². The van der Waals surface area contributed by atoms with E-state index in [-0.39, 0.29) is 29.6 Å². The zero-order chi connectivity index (χ0) is 21.1. The van der Waals surface area contributed by atoms with Crippen LogP contribution in [0, 0.1) is 18.7 Å². The standard InChI is InChI=1S/C23H28FN3O2S/c1-16-8-9-19(24)20(13-16)26-10-3-6-18(15-26)25-22(28)17-5-2-11-27(14-17)23(29)21-7-4-12-30-21/h4,7-9,12-13,17-18H,2-3,5-6,10-11,14-15H2,1H3,(H,25,28). The smallest absolute Gasteiger partial charge is 0.263 e. The van der Waals surface area contributed by atoms with Gasteiger partial charge in [-0.1, -0.05) is 12.1 Å². The van der Waals surface area contributed by atoms with Crippen LogP contribution in [0.2, 0.25) is 0 Å². The Morgan fingerprint density at radius 1 is 1.13 bits per heavy atom. The van der Waals surface area contributed by atoms with Gasteiger partial charge in [-0.25, -0.2) is 4.39 Å². The fourth-order valence-corrected chi connectivity index (χ4v) is 5.12. The number of aryl methyl sites for hydroxylation is 1. The van der Waals surface area contributed by atoms with Crippen molar-refractivity contribution in [3.05, 3.63) is 52.0 Å². The van der Waals surface area contributed by atoms with Crippen molar-refractivity contribution in [1.29, 1.82) is 0 Å². The highest BCUT2D eigenvalue weighted by Gasteiger charge is 2.31. The average molecular weight is 430 g/mol. The quantitative estimate of drug-likeness (QED) is 0.804. The summed E-state index contributed by atoms with van der Waals surface area (Å²) in [5.74, 6) is -0.382. The minimum atomic E-state index is -0.220. The first-order valence-electron chi connectivity index (χ1n) is 10.7. The van der Waals surface area contributed by atoms with E-state index in [0.717, 1.165) is 42.7 Å². The summed E-state index contributed by atoms with van der Waals surface area (Å²) in [6.45, 7) is 4.52. The molecule has 2 aliphatic rings. The van der Waals surface area contributed by atoms with Crippen molar-refractivity contribution in [2.24, 2.45) is 5.92 Å². The van der Waals surface area contributed by atoms with Crippen molar-refractivity contribution in [2.75, 3.05) is 31.1 Å². The second-order valence-corrected chi connectivity index (χ2v) is 9.26. The summed E-state index contributed by atoms with van der Waals surface area (Å²) in [4.78, 5) is 30.1. The number of rotatable bonds is 4. The first kappa shape index (κ1) is 20.8. The SMILES string of the molecule is Cc1ccc(F)c(N2CCCC(NC(=O)C3CCCN(C(=O)c4cccs4)C3)C2)c1. The van der Waals surface area contributed by atoms with E-state index >= 15 is 0 Å². The number of halogens is 1. The van der Waals surface area contributed by atoms with Gasteiger partial charge in [0.25, 0.3) is 5.91 Å². The number of nitrogens with zero attached hydrogens (tertiary/aromatic N) is 2. The lowest BCUT2D eigenvalue weighted by Gasteiger charge is -2.37. The van der Waals surface area contributed by atoms with Crippen LogP contribution in [0.3, 0.4) is 0 Å². The third-order valence-electron chi connectivity index (χ3n) is 6.02. The topological polar surface area (TPSA) is 52.7 Å². The molecule has 0 saturated carbocycles. The third kappa shape index (κ3) is 4.67. The van der Waals surface area contributed by atoms with Crippen LogP contribution < -0.4 is 10.2 Å². The Kier molecular flexibility index (Phi) is 6.37. The van der Waals surface area contributed by atoms with Crippen LogP contribution >= 0.6 is 11.3 Å². The molecule has 2 aromatic rings. The van der Waals surface area contributed by atoms with Gasteiger partial charge >= 0.3 is 0 Å². The van der Waals surface area contributed by atoms with E-state index in [2.05, 4.69) is 5.32 Å². The highest BCUT2D eigenvalue weighted by Crippen LogP contribution is 2.25. The molecule has 2 amide bonds. The molecule has 0 bridgehead atoms. The third-order valence-corrected chi connectivity index (χ3v) is 6.88. The molecule has 3 heterocycles. The molecule has 4 rings (SSSR count). The van der Waals surface area contributed by atoms with Crippen molar-refractivity contribution >= 4 is 28.8 Å². The van der Waals surface area contributed by atoms with Gasteiger partial charge in [0.15, 0.2) is 0 Å². The van der Waals surface area contributed by atoms with E-state index in [0.29, 0.717) is 25.3 Å². The van der Waals surface area contributed by atoms with Crippen LogP contribution in [0.25, 0.3) is 0 Å². The fourth-order valence-electron chi connectivity index (χ4n) is 4.43. The number of benzene rings is 1. The predicted molar refractivity (Wildman–Crippen MR) is 117 cm³/mol. The number of thiophene rings is 1. The Morgan fingerprint density at radius 3 is 2.77 bits per heavy atom. The second-order valence-electron chi connectivity index (χ2n) is 8.32. The Hall–Kier alpha value is -2.41. The van der Waals surface area contributed by atoms with Crippen molar-refractivity contribution in [3.8, 4) is 0 Å². The van der Waals surface area contributed by atoms with Crippen LogP contribution in [-0.2, 0) is 4.79 Å². The number of nitrogens with one attached hydrogen (secondary N) is 1. The van der Waals surface area contributed by atoms with Gasteiger partial charge < -0.3 is 15.1 Å². The zero-order valence-electron chi connectivity index (χ0n) is 17.3. The molecule has 7 heteroatoms. The highest BCUT2D eigenvalue weighted by atomic mass is 32.1. The van der Waals surface area contributed by atoms with Crippen molar-refractivity contribution < 1.29 is 14.0 Å². The molecular formula is C23H28FN3O2S. The number of carbonyl (C=O) groups is 2. The Balaban J connectivity index is 1.36. The number of anilines is 1. The first-order chi connectivity index (χ1) is 14.5. The lowest BCUT2D eigenvalue weighted by atomic mass is 9.95. The maximum absolute atomic E-state index is 14.3. The molecule has 2 aliphatic heterocycles. The van der Waals surface area contributed by atoms with Gasteiger partial charge in [-0.05, 0) is 61.7 Å². The summed E-state index contributed by atoms with van der Waals surface area (Å²) in [7, 11) is 0. The highest BCUT2D eigenvalue weighted by molar-refractivity contribution is 7.12. The number of carbonyl (C=O) groups excluding carboxylic acids is 2. The normalized spacial score (nSPS) is 22.1. The summed E-state index contributed by atoms with van der Waals surface area (Å²) in [5.41, 5.74) is 1.63. The van der Waals surface area contributed by atoms with E-state index in [1.807, 2.05) is 35.4 Å². The molecule has 1 N–H and O–H groups in total. The van der Waals surface area contributed by atoms with E-state index in [9.17, 15) is 14.0 Å². The zero-order valence-corrected chi connectivity index (χ0v) is 18.1. The summed E-state index contributed by atoms with van der Waals surface area (Å²) >= 11 is 1.44. The van der Waals surface area contributed by atoms with Crippen molar-refractivity contribution in [1.82, 2.24) is 10.2 Å². The van der Waals surface area contributed by atoms with Crippen LogP contribution in [0.4, 0.5) is 10.1 Å². The lowest BCUT2D eigenvalue weighted by Crippen LogP contribution is -2.52. The lowest BCUT2D eigenvalue weighted by molar-refractivity contribution is -0.127. The molecule has 2 atom stereocenters. The van der Waals surface area contributed by atoms with Crippen molar-refractivity contribution in [3.63, 3.8) is 0 Å². The van der Waals surface area contributed by atoms with Gasteiger partial charge in [-0.15, -0.1) is 11.3 Å². The number of amides is 2. The summed E-state index contributed by atoms with van der Waals surface area (Å²) in [6.07, 6.45) is 3.43. The van der Waals surface area contributed by atoms with Gasteiger partial charge in [0, 0.05) is 32.2 Å². The maximum atomic E-state index is 14.3. The summed E-state index contributed by atoms with van der Waals surface area (Å²) in [6, 6.07) is 8.85. The Morgan fingerprint density at radius 2 is 1.97 bits per heavy atom. The molecule has 2 unspecified atom stereocenters.